The third-order valence-electron chi connectivity index (χ3n) is 0.737. The molecule has 2 nitrogen and oxygen atoms in total. The highest BCUT2D eigenvalue weighted by atomic mass is 79.9. The summed E-state index contributed by atoms with van der Waals surface area (Å²) in [6, 6.07) is 0. The Bertz CT molecular complexity index is 108. The Morgan fingerprint density at radius 2 is 2.00 bits per heavy atom. The highest BCUT2D eigenvalue weighted by Crippen LogP contribution is 2.15. The van der Waals surface area contributed by atoms with Gasteiger partial charge in [-0.3, -0.25) is 4.79 Å². The van der Waals surface area contributed by atoms with Gasteiger partial charge in [0.05, 0.1) is 0 Å². The number of carbonyl (C=O) groups excluding carboxylic acids is 1. The Morgan fingerprint density at radius 1 is 1.56 bits per heavy atom. The van der Waals surface area contributed by atoms with Crippen LogP contribution in [-0.2, 0) is 4.79 Å². The summed E-state index contributed by atoms with van der Waals surface area (Å²) in [7, 11) is 0. The minimum atomic E-state index is -0.351. The quantitative estimate of drug-likeness (QED) is 0.784. The van der Waals surface area contributed by atoms with Crippen LogP contribution in [0, 0.1) is 0 Å². The average molecular weight is 324 g/mol. The first-order valence-corrected chi connectivity index (χ1v) is 5.18. The molecule has 2 N–H and O–H groups in total. The Hall–Kier alpha value is 0.910. The van der Waals surface area contributed by atoms with Gasteiger partial charge in [0.25, 0.3) is 0 Å². The summed E-state index contributed by atoms with van der Waals surface area (Å²) in [6.07, 6.45) is 0. The SMILES string of the molecule is NC(=O)C(Br)C(Br)CBr. The van der Waals surface area contributed by atoms with Crippen LogP contribution in [0.2, 0.25) is 0 Å². The van der Waals surface area contributed by atoms with E-state index in [9.17, 15) is 4.79 Å². The van der Waals surface area contributed by atoms with Gasteiger partial charge in [0.1, 0.15) is 4.83 Å². The van der Waals surface area contributed by atoms with E-state index in [0.717, 1.165) is 0 Å². The molecule has 5 heteroatoms. The van der Waals surface area contributed by atoms with E-state index in [1.165, 1.54) is 0 Å². The molecule has 2 atom stereocenters. The van der Waals surface area contributed by atoms with Crippen molar-refractivity contribution < 1.29 is 4.79 Å². The summed E-state index contributed by atoms with van der Waals surface area (Å²) in [6.45, 7) is 0. The number of amides is 1. The van der Waals surface area contributed by atoms with Crippen molar-refractivity contribution in [1.29, 1.82) is 0 Å². The van der Waals surface area contributed by atoms with Gasteiger partial charge < -0.3 is 5.73 Å². The van der Waals surface area contributed by atoms with Crippen molar-refractivity contribution in [2.24, 2.45) is 5.73 Å². The van der Waals surface area contributed by atoms with Crippen LogP contribution in [-0.4, -0.2) is 20.9 Å². The van der Waals surface area contributed by atoms with Crippen LogP contribution in [0.1, 0.15) is 0 Å². The largest absolute Gasteiger partial charge is 0.369 e. The third-order valence-corrected chi connectivity index (χ3v) is 4.95. The molecule has 0 aromatic heterocycles. The van der Waals surface area contributed by atoms with Crippen molar-refractivity contribution in [3.8, 4) is 0 Å². The van der Waals surface area contributed by atoms with E-state index in [1.54, 1.807) is 0 Å². The molecule has 0 aliphatic carbocycles. The highest BCUT2D eigenvalue weighted by Gasteiger charge is 2.19. The molecule has 0 rings (SSSR count). The van der Waals surface area contributed by atoms with E-state index < -0.39 is 0 Å². The van der Waals surface area contributed by atoms with Crippen LogP contribution in [0.25, 0.3) is 0 Å². The zero-order chi connectivity index (χ0) is 7.44. The van der Waals surface area contributed by atoms with Crippen molar-refractivity contribution in [3.05, 3.63) is 0 Å². The normalized spacial score (nSPS) is 16.8. The van der Waals surface area contributed by atoms with Gasteiger partial charge in [0.2, 0.25) is 5.91 Å². The molecule has 0 aliphatic rings. The molecular formula is C4H6Br3NO. The summed E-state index contributed by atoms with van der Waals surface area (Å²) in [4.78, 5) is 10.2. The molecule has 0 saturated heterocycles. The number of rotatable bonds is 3. The highest BCUT2D eigenvalue weighted by molar-refractivity contribution is 9.13. The average Bonchev–Trinajstić information content (AvgIpc) is 1.84. The number of carbonyl (C=O) groups is 1. The van der Waals surface area contributed by atoms with Crippen molar-refractivity contribution in [2.45, 2.75) is 9.65 Å². The Kier molecular flexibility index (Phi) is 5.16. The molecule has 0 fully saturated rings. The molecule has 0 aliphatic heterocycles. The Morgan fingerprint density at radius 3 is 2.11 bits per heavy atom. The van der Waals surface area contributed by atoms with E-state index in [0.29, 0.717) is 5.33 Å². The van der Waals surface area contributed by atoms with Crippen LogP contribution < -0.4 is 5.73 Å². The summed E-state index contributed by atoms with van der Waals surface area (Å²) < 4.78 is 0. The monoisotopic (exact) mass is 321 g/mol. The minimum absolute atomic E-state index is 0.0648. The predicted molar refractivity (Wildman–Crippen MR) is 48.4 cm³/mol. The van der Waals surface area contributed by atoms with Gasteiger partial charge in [-0.25, -0.2) is 0 Å². The molecule has 0 heterocycles. The number of nitrogens with two attached hydrogens (primary N) is 1. The molecule has 0 aromatic carbocycles. The van der Waals surface area contributed by atoms with E-state index >= 15 is 0 Å². The van der Waals surface area contributed by atoms with Gasteiger partial charge >= 0.3 is 0 Å². The minimum Gasteiger partial charge on any atom is -0.369 e. The van der Waals surface area contributed by atoms with Crippen LogP contribution in [0.4, 0.5) is 0 Å². The van der Waals surface area contributed by atoms with Gasteiger partial charge in [0, 0.05) is 10.2 Å². The van der Waals surface area contributed by atoms with Crippen LogP contribution in [0.5, 0.6) is 0 Å². The second kappa shape index (κ2) is 4.68. The van der Waals surface area contributed by atoms with Gasteiger partial charge in [-0.1, -0.05) is 47.8 Å². The predicted octanol–water partition coefficient (Wildman–Crippen LogP) is 1.39. The van der Waals surface area contributed by atoms with Crippen molar-refractivity contribution in [1.82, 2.24) is 0 Å². The maximum Gasteiger partial charge on any atom is 0.232 e. The second-order valence-corrected chi connectivity index (χ2v) is 4.28. The number of hydrogen-bond acceptors (Lipinski definition) is 1. The molecule has 9 heavy (non-hydrogen) atoms. The van der Waals surface area contributed by atoms with E-state index in [-0.39, 0.29) is 15.6 Å². The molecule has 1 amide bonds. The molecular weight excluding hydrogens is 318 g/mol. The van der Waals surface area contributed by atoms with Crippen molar-refractivity contribution >= 4 is 53.7 Å². The second-order valence-electron chi connectivity index (χ2n) is 1.47. The molecule has 0 bridgehead atoms. The van der Waals surface area contributed by atoms with Gasteiger partial charge in [-0.2, -0.15) is 0 Å². The fourth-order valence-electron chi connectivity index (χ4n) is 0.256. The van der Waals surface area contributed by atoms with Gasteiger partial charge in [-0.05, 0) is 0 Å². The maximum atomic E-state index is 10.4. The topological polar surface area (TPSA) is 43.1 Å². The number of hydrogen-bond donors (Lipinski definition) is 1. The van der Waals surface area contributed by atoms with E-state index in [4.69, 9.17) is 5.73 Å². The fraction of sp³-hybridized carbons (Fsp3) is 0.750. The number of primary amides is 1. The van der Waals surface area contributed by atoms with E-state index in [2.05, 4.69) is 47.8 Å². The standard InChI is InChI=1S/C4H6Br3NO/c5-1-2(6)3(7)4(8)9/h2-3H,1H2,(H2,8,9). The zero-order valence-electron chi connectivity index (χ0n) is 4.48. The van der Waals surface area contributed by atoms with E-state index in [1.807, 2.05) is 0 Å². The molecule has 54 valence electrons. The molecule has 0 saturated carbocycles. The summed E-state index contributed by atoms with van der Waals surface area (Å²) >= 11 is 9.56. The first kappa shape index (κ1) is 9.91. The first-order valence-electron chi connectivity index (χ1n) is 2.23. The lowest BCUT2D eigenvalue weighted by atomic mass is 10.3. The van der Waals surface area contributed by atoms with Gasteiger partial charge in [-0.15, -0.1) is 0 Å². The number of halogens is 3. The van der Waals surface area contributed by atoms with Crippen molar-refractivity contribution in [3.63, 3.8) is 0 Å². The van der Waals surface area contributed by atoms with Crippen molar-refractivity contribution in [2.75, 3.05) is 5.33 Å². The molecule has 0 spiro atoms. The zero-order valence-corrected chi connectivity index (χ0v) is 9.24. The lowest BCUT2D eigenvalue weighted by Crippen LogP contribution is -2.31. The van der Waals surface area contributed by atoms with Crippen LogP contribution in [0.15, 0.2) is 0 Å². The Balaban J connectivity index is 3.72. The summed E-state index contributed by atoms with van der Waals surface area (Å²) in [5.74, 6) is -0.351. The lowest BCUT2D eigenvalue weighted by Gasteiger charge is -2.08. The Labute approximate surface area is 78.9 Å². The smallest absolute Gasteiger partial charge is 0.232 e. The summed E-state index contributed by atoms with van der Waals surface area (Å²) in [5, 5.41) is 0.700. The van der Waals surface area contributed by atoms with Crippen LogP contribution in [0.3, 0.4) is 0 Å². The lowest BCUT2D eigenvalue weighted by molar-refractivity contribution is -0.117. The summed E-state index contributed by atoms with van der Waals surface area (Å²) in [5.41, 5.74) is 4.98. The van der Waals surface area contributed by atoms with Crippen LogP contribution >= 0.6 is 47.8 Å². The maximum absolute atomic E-state index is 10.4. The number of alkyl halides is 3. The molecule has 2 unspecified atom stereocenters. The fourth-order valence-corrected chi connectivity index (χ4v) is 1.58. The first-order chi connectivity index (χ1) is 4.09. The molecule has 0 radical (unpaired) electrons. The molecule has 0 aromatic rings. The van der Waals surface area contributed by atoms with Gasteiger partial charge in [0.15, 0.2) is 0 Å². The third kappa shape index (κ3) is 3.57.